The second kappa shape index (κ2) is 7.23. The molecule has 0 saturated heterocycles. The Morgan fingerprint density at radius 1 is 1.15 bits per heavy atom. The zero-order valence-electron chi connectivity index (χ0n) is 12.9. The van der Waals surface area contributed by atoms with Crippen molar-refractivity contribution < 1.29 is 35.5 Å². The van der Waals surface area contributed by atoms with Gasteiger partial charge >= 0.3 is 5.51 Å². The molecular weight excluding hydrogens is 446 g/mol. The third kappa shape index (κ3) is 3.98. The maximum Gasteiger partial charge on any atom is 0.501 e. The summed E-state index contributed by atoms with van der Waals surface area (Å²) in [6.07, 6.45) is 0. The van der Waals surface area contributed by atoms with Crippen molar-refractivity contribution in [3.05, 3.63) is 52.3 Å². The number of hydrogen-bond acceptors (Lipinski definition) is 4. The van der Waals surface area contributed by atoms with E-state index < -0.39 is 32.0 Å². The van der Waals surface area contributed by atoms with Crippen LogP contribution in [-0.2, 0) is 9.84 Å². The van der Waals surface area contributed by atoms with E-state index in [0.29, 0.717) is 12.1 Å². The Balaban J connectivity index is 2.47. The lowest BCUT2D eigenvalue weighted by atomic mass is 10.2. The first-order valence-corrected chi connectivity index (χ1v) is 9.01. The Hall–Kier alpha value is -2.14. The number of benzene rings is 2. The Labute approximate surface area is 154 Å². The number of halogens is 5. The van der Waals surface area contributed by atoms with Gasteiger partial charge in [-0.25, -0.2) is 12.8 Å². The van der Waals surface area contributed by atoms with Gasteiger partial charge in [0.1, 0.15) is 11.6 Å². The van der Waals surface area contributed by atoms with E-state index in [4.69, 9.17) is 4.74 Å². The molecule has 0 aliphatic heterocycles. The van der Waals surface area contributed by atoms with E-state index in [-0.39, 0.29) is 21.5 Å². The summed E-state index contributed by atoms with van der Waals surface area (Å²) in [4.78, 5) is 11.2. The number of anilines is 1. The predicted octanol–water partition coefficient (Wildman–Crippen LogP) is 4.14. The quantitative estimate of drug-likeness (QED) is 0.703. The Morgan fingerprint density at radius 3 is 2.38 bits per heavy atom. The van der Waals surface area contributed by atoms with Gasteiger partial charge in [0.15, 0.2) is 0 Å². The number of carbonyl (C=O) groups excluding carboxylic acids is 1. The number of ether oxygens (including phenoxy) is 1. The Bertz CT molecular complexity index is 961. The molecule has 140 valence electrons. The molecule has 0 radical (unpaired) electrons. The van der Waals surface area contributed by atoms with Crippen LogP contribution in [-0.4, -0.2) is 26.9 Å². The van der Waals surface area contributed by atoms with Gasteiger partial charge in [0.25, 0.3) is 15.7 Å². The zero-order valence-corrected chi connectivity index (χ0v) is 15.3. The fourth-order valence-electron chi connectivity index (χ4n) is 1.95. The number of amides is 1. The molecule has 0 aromatic heterocycles. The number of rotatable bonds is 4. The van der Waals surface area contributed by atoms with Gasteiger partial charge in [-0.05, 0) is 52.3 Å². The highest BCUT2D eigenvalue weighted by Gasteiger charge is 2.47. The van der Waals surface area contributed by atoms with Crippen molar-refractivity contribution in [1.29, 1.82) is 0 Å². The fraction of sp³-hybridized carbons (Fsp3) is 0.133. The van der Waals surface area contributed by atoms with Crippen LogP contribution in [0.2, 0.25) is 0 Å². The first kappa shape index (κ1) is 20.2. The van der Waals surface area contributed by atoms with Crippen LogP contribution >= 0.6 is 15.9 Å². The molecule has 2 rings (SSSR count). The molecule has 0 aliphatic rings. The molecule has 0 aliphatic carbocycles. The summed E-state index contributed by atoms with van der Waals surface area (Å²) in [6, 6.07) is 5.56. The summed E-state index contributed by atoms with van der Waals surface area (Å²) in [5.41, 5.74) is -5.97. The van der Waals surface area contributed by atoms with Gasteiger partial charge in [-0.15, -0.1) is 0 Å². The van der Waals surface area contributed by atoms with Crippen molar-refractivity contribution in [3.8, 4) is 5.75 Å². The predicted molar refractivity (Wildman–Crippen MR) is 88.3 cm³/mol. The molecule has 0 spiro atoms. The van der Waals surface area contributed by atoms with Crippen LogP contribution in [0.15, 0.2) is 45.8 Å². The SMILES string of the molecule is COc1ccc(S(=O)(=O)C(F)(F)F)cc1NC(=O)c1cc(F)ccc1Br. The molecule has 1 N–H and O–H groups in total. The van der Waals surface area contributed by atoms with Crippen LogP contribution in [0.4, 0.5) is 23.2 Å². The topological polar surface area (TPSA) is 72.5 Å². The van der Waals surface area contributed by atoms with Gasteiger partial charge in [-0.2, -0.15) is 13.2 Å². The van der Waals surface area contributed by atoms with Gasteiger partial charge < -0.3 is 10.1 Å². The first-order valence-electron chi connectivity index (χ1n) is 6.73. The molecular formula is C15H10BrF4NO4S. The summed E-state index contributed by atoms with van der Waals surface area (Å²) in [5.74, 6) is -1.66. The third-order valence-electron chi connectivity index (χ3n) is 3.21. The van der Waals surface area contributed by atoms with Crippen LogP contribution in [0.3, 0.4) is 0 Å². The summed E-state index contributed by atoms with van der Waals surface area (Å²) in [5, 5.41) is 2.22. The molecule has 0 bridgehead atoms. The van der Waals surface area contributed by atoms with E-state index in [2.05, 4.69) is 21.2 Å². The average molecular weight is 456 g/mol. The van der Waals surface area contributed by atoms with Crippen LogP contribution in [0, 0.1) is 5.82 Å². The van der Waals surface area contributed by atoms with E-state index in [1.165, 1.54) is 13.2 Å². The number of nitrogens with one attached hydrogen (secondary N) is 1. The minimum absolute atomic E-state index is 0.0769. The molecule has 0 heterocycles. The lowest BCUT2D eigenvalue weighted by molar-refractivity contribution is -0.0436. The highest BCUT2D eigenvalue weighted by molar-refractivity contribution is 9.10. The van der Waals surface area contributed by atoms with Gasteiger partial charge in [-0.3, -0.25) is 4.79 Å². The monoisotopic (exact) mass is 455 g/mol. The fourth-order valence-corrected chi connectivity index (χ4v) is 3.16. The minimum Gasteiger partial charge on any atom is -0.495 e. The van der Waals surface area contributed by atoms with Crippen molar-refractivity contribution >= 4 is 37.4 Å². The van der Waals surface area contributed by atoms with Crippen LogP contribution in [0.25, 0.3) is 0 Å². The highest BCUT2D eigenvalue weighted by Crippen LogP contribution is 2.35. The number of methoxy groups -OCH3 is 1. The molecule has 0 unspecified atom stereocenters. The maximum absolute atomic E-state index is 13.3. The molecule has 1 amide bonds. The van der Waals surface area contributed by atoms with Crippen LogP contribution in [0.1, 0.15) is 10.4 Å². The summed E-state index contributed by atoms with van der Waals surface area (Å²) in [6.45, 7) is 0. The lowest BCUT2D eigenvalue weighted by Crippen LogP contribution is -2.23. The molecule has 11 heteroatoms. The molecule has 5 nitrogen and oxygen atoms in total. The summed E-state index contributed by atoms with van der Waals surface area (Å²) < 4.78 is 79.6. The third-order valence-corrected chi connectivity index (χ3v) is 5.38. The van der Waals surface area contributed by atoms with Crippen molar-refractivity contribution in [1.82, 2.24) is 0 Å². The number of carbonyl (C=O) groups is 1. The normalized spacial score (nSPS) is 11.9. The van der Waals surface area contributed by atoms with Crippen molar-refractivity contribution in [2.24, 2.45) is 0 Å². The number of alkyl halides is 3. The molecule has 26 heavy (non-hydrogen) atoms. The largest absolute Gasteiger partial charge is 0.501 e. The molecule has 0 atom stereocenters. The maximum atomic E-state index is 13.3. The van der Waals surface area contributed by atoms with Gasteiger partial charge in [0.05, 0.1) is 23.3 Å². The first-order chi connectivity index (χ1) is 12.0. The standard InChI is InChI=1S/C15H10BrF4NO4S/c1-25-13-5-3-9(26(23,24)15(18,19)20)7-12(13)21-14(22)10-6-8(17)2-4-11(10)16/h2-7H,1H3,(H,21,22). The molecule has 0 saturated carbocycles. The van der Waals surface area contributed by atoms with Crippen LogP contribution < -0.4 is 10.1 Å². The lowest BCUT2D eigenvalue weighted by Gasteiger charge is -2.14. The second-order valence-corrected chi connectivity index (χ2v) is 7.69. The summed E-state index contributed by atoms with van der Waals surface area (Å²) in [7, 11) is -4.43. The summed E-state index contributed by atoms with van der Waals surface area (Å²) >= 11 is 3.05. The molecule has 2 aromatic rings. The van der Waals surface area contributed by atoms with E-state index in [0.717, 1.165) is 18.2 Å². The van der Waals surface area contributed by atoms with E-state index in [9.17, 15) is 30.8 Å². The number of sulfone groups is 1. The van der Waals surface area contributed by atoms with E-state index >= 15 is 0 Å². The van der Waals surface area contributed by atoms with Crippen molar-refractivity contribution in [2.75, 3.05) is 12.4 Å². The van der Waals surface area contributed by atoms with Crippen LogP contribution in [0.5, 0.6) is 5.75 Å². The Morgan fingerprint density at radius 2 is 1.81 bits per heavy atom. The minimum atomic E-state index is -5.62. The zero-order chi connectivity index (χ0) is 19.7. The smallest absolute Gasteiger partial charge is 0.495 e. The van der Waals surface area contributed by atoms with Gasteiger partial charge in [0.2, 0.25) is 0 Å². The average Bonchev–Trinajstić information content (AvgIpc) is 2.55. The van der Waals surface area contributed by atoms with Crippen molar-refractivity contribution in [3.63, 3.8) is 0 Å². The Kier molecular flexibility index (Phi) is 5.61. The highest BCUT2D eigenvalue weighted by atomic mass is 79.9. The second-order valence-electron chi connectivity index (χ2n) is 4.89. The molecule has 2 aromatic carbocycles. The van der Waals surface area contributed by atoms with E-state index in [1.807, 2.05) is 0 Å². The van der Waals surface area contributed by atoms with E-state index in [1.54, 1.807) is 0 Å². The van der Waals surface area contributed by atoms with Gasteiger partial charge in [-0.1, -0.05) is 0 Å². The molecule has 0 fully saturated rings. The van der Waals surface area contributed by atoms with Crippen molar-refractivity contribution in [2.45, 2.75) is 10.4 Å². The van der Waals surface area contributed by atoms with Gasteiger partial charge in [0, 0.05) is 4.47 Å². The number of hydrogen-bond donors (Lipinski definition) is 1.